The Morgan fingerprint density at radius 2 is 2.11 bits per heavy atom. The highest BCUT2D eigenvalue weighted by Gasteiger charge is 2.32. The van der Waals surface area contributed by atoms with Gasteiger partial charge in [0.15, 0.2) is 0 Å². The van der Waals surface area contributed by atoms with Crippen LogP contribution in [0.2, 0.25) is 10.0 Å². The lowest BCUT2D eigenvalue weighted by molar-refractivity contribution is 0.265. The third kappa shape index (κ3) is 3.39. The molecule has 1 aliphatic rings. The van der Waals surface area contributed by atoms with Gasteiger partial charge < -0.3 is 5.32 Å². The first-order valence-corrected chi connectivity index (χ1v) is 7.09. The maximum atomic E-state index is 6.04. The lowest BCUT2D eigenvalue weighted by Crippen LogP contribution is -2.32. The maximum Gasteiger partial charge on any atom is 0.0595 e. The van der Waals surface area contributed by atoms with E-state index >= 15 is 0 Å². The van der Waals surface area contributed by atoms with Crippen molar-refractivity contribution in [2.24, 2.45) is 5.41 Å². The van der Waals surface area contributed by atoms with E-state index in [9.17, 15) is 0 Å². The van der Waals surface area contributed by atoms with E-state index in [1.807, 2.05) is 19.2 Å². The number of rotatable bonds is 4. The zero-order chi connectivity index (χ0) is 13.2. The minimum Gasteiger partial charge on any atom is -0.319 e. The zero-order valence-corrected chi connectivity index (χ0v) is 12.5. The van der Waals surface area contributed by atoms with Crippen LogP contribution in [0.3, 0.4) is 0 Å². The Bertz CT molecular complexity index is 422. The normalized spacial score (nSPS) is 24.7. The minimum atomic E-state index is 0.394. The van der Waals surface area contributed by atoms with E-state index in [0.29, 0.717) is 15.5 Å². The Morgan fingerprint density at radius 1 is 1.33 bits per heavy atom. The molecule has 2 nitrogen and oxygen atoms in total. The van der Waals surface area contributed by atoms with Crippen molar-refractivity contribution in [2.75, 3.05) is 26.7 Å². The molecule has 0 aliphatic carbocycles. The van der Waals surface area contributed by atoms with Crippen molar-refractivity contribution < 1.29 is 0 Å². The zero-order valence-electron chi connectivity index (χ0n) is 11.0. The fraction of sp³-hybridized carbons (Fsp3) is 0.571. The Morgan fingerprint density at radius 3 is 2.78 bits per heavy atom. The van der Waals surface area contributed by atoms with Crippen LogP contribution in [0.25, 0.3) is 0 Å². The molecule has 0 aromatic heterocycles. The molecule has 1 aromatic rings. The molecule has 100 valence electrons. The predicted octanol–water partition coefficient (Wildman–Crippen LogP) is 3.42. The average molecular weight is 287 g/mol. The van der Waals surface area contributed by atoms with Crippen molar-refractivity contribution in [2.45, 2.75) is 19.9 Å². The van der Waals surface area contributed by atoms with Crippen molar-refractivity contribution in [1.82, 2.24) is 10.2 Å². The van der Waals surface area contributed by atoms with Crippen LogP contribution in [0.4, 0.5) is 0 Å². The van der Waals surface area contributed by atoms with Gasteiger partial charge in [0.1, 0.15) is 0 Å². The summed E-state index contributed by atoms with van der Waals surface area (Å²) in [4.78, 5) is 2.48. The molecule has 1 aromatic carbocycles. The highest BCUT2D eigenvalue weighted by Crippen LogP contribution is 2.31. The molecule has 0 spiro atoms. The maximum absolute atomic E-state index is 6.04. The first kappa shape index (κ1) is 14.1. The topological polar surface area (TPSA) is 15.3 Å². The molecule has 1 atom stereocenters. The van der Waals surface area contributed by atoms with Gasteiger partial charge in [-0.15, -0.1) is 0 Å². The van der Waals surface area contributed by atoms with Gasteiger partial charge in [-0.2, -0.15) is 0 Å². The Labute approximate surface area is 119 Å². The van der Waals surface area contributed by atoms with E-state index in [4.69, 9.17) is 23.2 Å². The standard InChI is InChI=1S/C14H20Cl2N2/c1-14(9-17-2)5-6-18(10-14)8-11-3-4-12(15)13(16)7-11/h3-4,7,17H,5-6,8-10H2,1-2H3. The number of halogens is 2. The van der Waals surface area contributed by atoms with E-state index in [-0.39, 0.29) is 0 Å². The molecule has 0 radical (unpaired) electrons. The van der Waals surface area contributed by atoms with Crippen LogP contribution in [-0.4, -0.2) is 31.6 Å². The third-order valence-corrected chi connectivity index (χ3v) is 4.37. The summed E-state index contributed by atoms with van der Waals surface area (Å²) in [6.45, 7) is 6.66. The Hall–Kier alpha value is -0.280. The molecular formula is C14H20Cl2N2. The molecule has 4 heteroatoms. The Balaban J connectivity index is 1.97. The van der Waals surface area contributed by atoms with Gasteiger partial charge in [-0.3, -0.25) is 4.90 Å². The molecule has 18 heavy (non-hydrogen) atoms. The van der Waals surface area contributed by atoms with E-state index in [2.05, 4.69) is 23.2 Å². The summed E-state index contributed by atoms with van der Waals surface area (Å²) in [5.41, 5.74) is 1.63. The van der Waals surface area contributed by atoms with Crippen LogP contribution in [0.15, 0.2) is 18.2 Å². The number of benzene rings is 1. The largest absolute Gasteiger partial charge is 0.319 e. The lowest BCUT2D eigenvalue weighted by Gasteiger charge is -2.24. The van der Waals surface area contributed by atoms with Gasteiger partial charge in [-0.05, 0) is 43.1 Å². The molecule has 0 amide bonds. The first-order valence-electron chi connectivity index (χ1n) is 6.33. The van der Waals surface area contributed by atoms with E-state index in [1.54, 1.807) is 0 Å². The number of nitrogens with zero attached hydrogens (tertiary/aromatic N) is 1. The molecular weight excluding hydrogens is 267 g/mol. The molecule has 0 bridgehead atoms. The van der Waals surface area contributed by atoms with Crippen molar-refractivity contribution in [3.8, 4) is 0 Å². The second-order valence-electron chi connectivity index (χ2n) is 5.55. The number of nitrogens with one attached hydrogen (secondary N) is 1. The molecule has 1 unspecified atom stereocenters. The predicted molar refractivity (Wildman–Crippen MR) is 78.4 cm³/mol. The summed E-state index contributed by atoms with van der Waals surface area (Å²) in [5, 5.41) is 4.56. The summed E-state index contributed by atoms with van der Waals surface area (Å²) in [5.74, 6) is 0. The molecule has 1 fully saturated rings. The molecule has 0 saturated carbocycles. The van der Waals surface area contributed by atoms with Gasteiger partial charge in [-0.1, -0.05) is 36.2 Å². The minimum absolute atomic E-state index is 0.394. The molecule has 1 N–H and O–H groups in total. The van der Waals surface area contributed by atoms with Crippen molar-refractivity contribution in [3.05, 3.63) is 33.8 Å². The smallest absolute Gasteiger partial charge is 0.0595 e. The van der Waals surface area contributed by atoms with Crippen LogP contribution in [0.1, 0.15) is 18.9 Å². The van der Waals surface area contributed by atoms with E-state index in [1.165, 1.54) is 12.0 Å². The molecule has 1 saturated heterocycles. The lowest BCUT2D eigenvalue weighted by atomic mass is 9.90. The van der Waals surface area contributed by atoms with Gasteiger partial charge in [0.25, 0.3) is 0 Å². The van der Waals surface area contributed by atoms with Crippen molar-refractivity contribution in [3.63, 3.8) is 0 Å². The monoisotopic (exact) mass is 286 g/mol. The van der Waals surface area contributed by atoms with Gasteiger partial charge in [0.05, 0.1) is 10.0 Å². The van der Waals surface area contributed by atoms with Crippen LogP contribution < -0.4 is 5.32 Å². The number of likely N-dealkylation sites (tertiary alicyclic amines) is 1. The average Bonchev–Trinajstić information content (AvgIpc) is 2.66. The SMILES string of the molecule is CNCC1(C)CCN(Cc2ccc(Cl)c(Cl)c2)C1. The third-order valence-electron chi connectivity index (χ3n) is 3.63. The van der Waals surface area contributed by atoms with Gasteiger partial charge >= 0.3 is 0 Å². The fourth-order valence-corrected chi connectivity index (χ4v) is 3.05. The van der Waals surface area contributed by atoms with Gasteiger partial charge in [0, 0.05) is 19.6 Å². The fourth-order valence-electron chi connectivity index (χ4n) is 2.73. The van der Waals surface area contributed by atoms with Crippen LogP contribution in [0, 0.1) is 5.41 Å². The van der Waals surface area contributed by atoms with Crippen LogP contribution in [0.5, 0.6) is 0 Å². The summed E-state index contributed by atoms with van der Waals surface area (Å²) < 4.78 is 0. The Kier molecular flexibility index (Phi) is 4.54. The van der Waals surface area contributed by atoms with Gasteiger partial charge in [0.2, 0.25) is 0 Å². The van der Waals surface area contributed by atoms with Gasteiger partial charge in [-0.25, -0.2) is 0 Å². The second-order valence-corrected chi connectivity index (χ2v) is 6.36. The van der Waals surface area contributed by atoms with Crippen LogP contribution in [-0.2, 0) is 6.54 Å². The van der Waals surface area contributed by atoms with E-state index < -0.39 is 0 Å². The highest BCUT2D eigenvalue weighted by molar-refractivity contribution is 6.42. The summed E-state index contributed by atoms with van der Waals surface area (Å²) in [7, 11) is 2.02. The summed E-state index contributed by atoms with van der Waals surface area (Å²) >= 11 is 12.0. The summed E-state index contributed by atoms with van der Waals surface area (Å²) in [6.07, 6.45) is 1.25. The van der Waals surface area contributed by atoms with Crippen LogP contribution >= 0.6 is 23.2 Å². The highest BCUT2D eigenvalue weighted by atomic mass is 35.5. The summed E-state index contributed by atoms with van der Waals surface area (Å²) in [6, 6.07) is 5.90. The second kappa shape index (κ2) is 5.79. The molecule has 1 aliphatic heterocycles. The molecule has 1 heterocycles. The quantitative estimate of drug-likeness (QED) is 0.912. The molecule has 2 rings (SSSR count). The van der Waals surface area contributed by atoms with Crippen molar-refractivity contribution in [1.29, 1.82) is 0 Å². The number of hydrogen-bond donors (Lipinski definition) is 1. The first-order chi connectivity index (χ1) is 8.52. The van der Waals surface area contributed by atoms with Crippen molar-refractivity contribution >= 4 is 23.2 Å². The number of hydrogen-bond acceptors (Lipinski definition) is 2. The van der Waals surface area contributed by atoms with E-state index in [0.717, 1.165) is 26.2 Å².